The number of nitrogens with one attached hydrogen (secondary N) is 1. The van der Waals surface area contributed by atoms with Gasteiger partial charge in [0.2, 0.25) is 5.91 Å². The zero-order chi connectivity index (χ0) is 12.8. The van der Waals surface area contributed by atoms with Crippen LogP contribution in [0.25, 0.3) is 0 Å². The highest BCUT2D eigenvalue weighted by Crippen LogP contribution is 1.95. The summed E-state index contributed by atoms with van der Waals surface area (Å²) in [6, 6.07) is -0.493. The van der Waals surface area contributed by atoms with Gasteiger partial charge in [-0.25, -0.2) is 9.78 Å². The quantitative estimate of drug-likeness (QED) is 0.617. The van der Waals surface area contributed by atoms with Crippen LogP contribution in [0.15, 0.2) is 12.5 Å². The highest BCUT2D eigenvalue weighted by molar-refractivity contribution is 5.84. The lowest BCUT2D eigenvalue weighted by atomic mass is 10.2. The van der Waals surface area contributed by atoms with E-state index in [0.29, 0.717) is 19.5 Å². The molecular weight excluding hydrogens is 224 g/mol. The number of rotatable bonds is 6. The molecule has 0 spiro atoms. The van der Waals surface area contributed by atoms with Crippen LogP contribution >= 0.6 is 0 Å². The molecule has 1 heterocycles. The molecule has 7 heteroatoms. The largest absolute Gasteiger partial charge is 0.476 e. The van der Waals surface area contributed by atoms with Crippen molar-refractivity contribution in [3.63, 3.8) is 0 Å². The molecule has 0 aliphatic carbocycles. The van der Waals surface area contributed by atoms with Crippen LogP contribution < -0.4 is 11.1 Å². The van der Waals surface area contributed by atoms with E-state index >= 15 is 0 Å². The molecule has 0 aliphatic heterocycles. The van der Waals surface area contributed by atoms with E-state index in [9.17, 15) is 9.59 Å². The Balaban J connectivity index is 2.35. The normalized spacial score (nSPS) is 12.1. The molecule has 17 heavy (non-hydrogen) atoms. The van der Waals surface area contributed by atoms with Gasteiger partial charge in [0.25, 0.3) is 0 Å². The van der Waals surface area contributed by atoms with Crippen molar-refractivity contribution in [1.82, 2.24) is 14.9 Å². The average molecular weight is 240 g/mol. The molecule has 0 fully saturated rings. The van der Waals surface area contributed by atoms with Crippen LogP contribution in [0.5, 0.6) is 0 Å². The summed E-state index contributed by atoms with van der Waals surface area (Å²) in [5.41, 5.74) is 5.52. The van der Waals surface area contributed by atoms with Crippen molar-refractivity contribution in [2.24, 2.45) is 5.73 Å². The topological polar surface area (TPSA) is 110 Å². The lowest BCUT2D eigenvalue weighted by Crippen LogP contribution is -2.41. The lowest BCUT2D eigenvalue weighted by Gasteiger charge is -2.09. The number of nitrogens with two attached hydrogens (primary N) is 1. The monoisotopic (exact) mass is 240 g/mol. The molecule has 0 saturated heterocycles. The fourth-order valence-corrected chi connectivity index (χ4v) is 1.22. The average Bonchev–Trinajstić information content (AvgIpc) is 2.76. The molecule has 7 nitrogen and oxygen atoms in total. The molecule has 1 amide bonds. The van der Waals surface area contributed by atoms with Crippen molar-refractivity contribution in [3.05, 3.63) is 18.2 Å². The van der Waals surface area contributed by atoms with Gasteiger partial charge in [0, 0.05) is 19.3 Å². The second-order valence-electron chi connectivity index (χ2n) is 3.61. The smallest absolute Gasteiger partial charge is 0.356 e. The number of carboxylic acid groups (broad SMARTS) is 1. The van der Waals surface area contributed by atoms with Crippen LogP contribution in [-0.2, 0) is 11.3 Å². The number of aromatic carboxylic acids is 1. The molecule has 94 valence electrons. The minimum Gasteiger partial charge on any atom is -0.476 e. The fourth-order valence-electron chi connectivity index (χ4n) is 1.22. The number of aromatic nitrogens is 2. The Morgan fingerprint density at radius 1 is 1.65 bits per heavy atom. The molecule has 1 aromatic heterocycles. The molecule has 1 atom stereocenters. The number of hydrogen-bond donors (Lipinski definition) is 3. The van der Waals surface area contributed by atoms with E-state index in [-0.39, 0.29) is 11.6 Å². The first kappa shape index (κ1) is 13.2. The van der Waals surface area contributed by atoms with E-state index in [4.69, 9.17) is 10.8 Å². The molecule has 0 unspecified atom stereocenters. The van der Waals surface area contributed by atoms with Crippen LogP contribution in [0.1, 0.15) is 23.8 Å². The maximum Gasteiger partial charge on any atom is 0.356 e. The van der Waals surface area contributed by atoms with Crippen molar-refractivity contribution < 1.29 is 14.7 Å². The van der Waals surface area contributed by atoms with Gasteiger partial charge in [0.05, 0.1) is 12.4 Å². The van der Waals surface area contributed by atoms with E-state index < -0.39 is 12.0 Å². The number of carbonyl (C=O) groups is 2. The Kier molecular flexibility index (Phi) is 4.65. The first-order valence-corrected chi connectivity index (χ1v) is 5.33. The molecule has 0 bridgehead atoms. The molecule has 1 aromatic rings. The fraction of sp³-hybridized carbons (Fsp3) is 0.500. The Bertz CT molecular complexity index is 402. The van der Waals surface area contributed by atoms with Crippen LogP contribution in [0.2, 0.25) is 0 Å². The van der Waals surface area contributed by atoms with Crippen molar-refractivity contribution in [3.8, 4) is 0 Å². The number of carbonyl (C=O) groups excluding carboxylic acids is 1. The van der Waals surface area contributed by atoms with Gasteiger partial charge in [-0.15, -0.1) is 0 Å². The van der Waals surface area contributed by atoms with E-state index in [1.165, 1.54) is 12.5 Å². The van der Waals surface area contributed by atoms with E-state index in [1.54, 1.807) is 4.57 Å². The molecule has 0 aromatic carbocycles. The predicted octanol–water partition coefficient (Wildman–Crippen LogP) is -0.565. The Morgan fingerprint density at radius 2 is 2.35 bits per heavy atom. The standard InChI is InChI=1S/C10H16N4O3/c1-2-7(11)9(15)12-3-4-14-5-8(10(16)17)13-6-14/h5-7H,2-4,11H2,1H3,(H,12,15)(H,16,17)/t7-/m1/s1. The Labute approximate surface area is 98.6 Å². The van der Waals surface area contributed by atoms with E-state index in [1.807, 2.05) is 6.92 Å². The summed E-state index contributed by atoms with van der Waals surface area (Å²) in [5.74, 6) is -1.27. The minimum atomic E-state index is -1.07. The summed E-state index contributed by atoms with van der Waals surface area (Å²) in [5, 5.41) is 11.3. The number of imidazole rings is 1. The summed E-state index contributed by atoms with van der Waals surface area (Å²) in [6.45, 7) is 2.68. The van der Waals surface area contributed by atoms with Gasteiger partial charge in [-0.05, 0) is 6.42 Å². The highest BCUT2D eigenvalue weighted by Gasteiger charge is 2.10. The van der Waals surface area contributed by atoms with Crippen molar-refractivity contribution >= 4 is 11.9 Å². The van der Waals surface area contributed by atoms with Gasteiger partial charge in [-0.2, -0.15) is 0 Å². The second kappa shape index (κ2) is 6.00. The summed E-state index contributed by atoms with van der Waals surface area (Å²) in [4.78, 5) is 25.6. The van der Waals surface area contributed by atoms with Crippen molar-refractivity contribution in [2.45, 2.75) is 25.9 Å². The first-order chi connectivity index (χ1) is 8.04. The van der Waals surface area contributed by atoms with E-state index in [2.05, 4.69) is 10.3 Å². The third kappa shape index (κ3) is 3.87. The first-order valence-electron chi connectivity index (χ1n) is 5.33. The van der Waals surface area contributed by atoms with Crippen LogP contribution in [0.3, 0.4) is 0 Å². The third-order valence-corrected chi connectivity index (χ3v) is 2.30. The zero-order valence-electron chi connectivity index (χ0n) is 9.59. The number of nitrogens with zero attached hydrogens (tertiary/aromatic N) is 2. The SMILES string of the molecule is CC[C@@H](N)C(=O)NCCn1cnc(C(=O)O)c1. The minimum absolute atomic E-state index is 0.0124. The van der Waals surface area contributed by atoms with E-state index in [0.717, 1.165) is 0 Å². The number of carboxylic acids is 1. The molecule has 1 rings (SSSR count). The highest BCUT2D eigenvalue weighted by atomic mass is 16.4. The van der Waals surface area contributed by atoms with Gasteiger partial charge in [0.15, 0.2) is 5.69 Å². The second-order valence-corrected chi connectivity index (χ2v) is 3.61. The maximum atomic E-state index is 11.3. The molecule has 4 N–H and O–H groups in total. The predicted molar refractivity (Wildman–Crippen MR) is 60.5 cm³/mol. The summed E-state index contributed by atoms with van der Waals surface area (Å²) < 4.78 is 1.60. The van der Waals surface area contributed by atoms with Gasteiger partial charge in [0.1, 0.15) is 0 Å². The molecule has 0 aliphatic rings. The number of hydrogen-bond acceptors (Lipinski definition) is 4. The summed E-state index contributed by atoms with van der Waals surface area (Å²) in [7, 11) is 0. The van der Waals surface area contributed by atoms with Gasteiger partial charge in [-0.1, -0.05) is 6.92 Å². The van der Waals surface area contributed by atoms with Crippen LogP contribution in [-0.4, -0.2) is 39.1 Å². The van der Waals surface area contributed by atoms with Crippen molar-refractivity contribution in [2.75, 3.05) is 6.54 Å². The van der Waals surface area contributed by atoms with Crippen molar-refractivity contribution in [1.29, 1.82) is 0 Å². The Hall–Kier alpha value is -1.89. The maximum absolute atomic E-state index is 11.3. The summed E-state index contributed by atoms with van der Waals surface area (Å²) >= 11 is 0. The number of amides is 1. The molecule has 0 saturated carbocycles. The van der Waals surface area contributed by atoms with Gasteiger partial charge < -0.3 is 20.7 Å². The third-order valence-electron chi connectivity index (χ3n) is 2.30. The molecule has 0 radical (unpaired) electrons. The van der Waals surface area contributed by atoms with Gasteiger partial charge in [-0.3, -0.25) is 4.79 Å². The van der Waals surface area contributed by atoms with Crippen LogP contribution in [0, 0.1) is 0 Å². The van der Waals surface area contributed by atoms with Gasteiger partial charge >= 0.3 is 5.97 Å². The van der Waals surface area contributed by atoms with Crippen LogP contribution in [0.4, 0.5) is 0 Å². The zero-order valence-corrected chi connectivity index (χ0v) is 9.59. The Morgan fingerprint density at radius 3 is 2.88 bits per heavy atom. The summed E-state index contributed by atoms with van der Waals surface area (Å²) in [6.07, 6.45) is 3.41. The molecular formula is C10H16N4O3. The lowest BCUT2D eigenvalue weighted by molar-refractivity contribution is -0.122.